The zero-order chi connectivity index (χ0) is 25.1. The van der Waals surface area contributed by atoms with Crippen molar-refractivity contribution in [2.45, 2.75) is 13.8 Å². The van der Waals surface area contributed by atoms with Gasteiger partial charge in [0.05, 0.1) is 11.3 Å². The highest BCUT2D eigenvalue weighted by Crippen LogP contribution is 2.23. The third kappa shape index (κ3) is 4.75. The lowest BCUT2D eigenvalue weighted by atomic mass is 9.97. The molecule has 2 heterocycles. The number of benzene rings is 3. The molecule has 3 aromatic carbocycles. The molecule has 0 spiro atoms. The van der Waals surface area contributed by atoms with Gasteiger partial charge in [0.25, 0.3) is 5.91 Å². The summed E-state index contributed by atoms with van der Waals surface area (Å²) in [4.78, 5) is 30.4. The number of hydrogen-bond donors (Lipinski definition) is 0. The predicted molar refractivity (Wildman–Crippen MR) is 141 cm³/mol. The first-order chi connectivity index (χ1) is 17.5. The van der Waals surface area contributed by atoms with Crippen molar-refractivity contribution in [2.75, 3.05) is 31.1 Å². The van der Waals surface area contributed by atoms with Gasteiger partial charge in [-0.2, -0.15) is 0 Å². The lowest BCUT2D eigenvalue weighted by molar-refractivity contribution is 0.0742. The Morgan fingerprint density at radius 2 is 1.39 bits per heavy atom. The van der Waals surface area contributed by atoms with Crippen LogP contribution >= 0.6 is 0 Å². The summed E-state index contributed by atoms with van der Waals surface area (Å²) in [6.45, 7) is 6.59. The third-order valence-corrected chi connectivity index (χ3v) is 6.78. The SMILES string of the molecule is Cc1ccc(-c2ccc(N3CCN(C(=O)c4ccccc4C(=O)c4ccccc4)CC3)nn2)cc1C. The summed E-state index contributed by atoms with van der Waals surface area (Å²) in [7, 11) is 0. The normalized spacial score (nSPS) is 13.5. The Balaban J connectivity index is 1.26. The van der Waals surface area contributed by atoms with Crippen molar-refractivity contribution in [1.29, 1.82) is 0 Å². The predicted octanol–water partition coefficient (Wildman–Crippen LogP) is 4.95. The van der Waals surface area contributed by atoms with E-state index in [1.54, 1.807) is 36.4 Å². The third-order valence-electron chi connectivity index (χ3n) is 6.78. The topological polar surface area (TPSA) is 66.4 Å². The lowest BCUT2D eigenvalue weighted by Crippen LogP contribution is -2.49. The molecule has 0 atom stereocenters. The number of aromatic nitrogens is 2. The number of piperazine rings is 1. The van der Waals surface area contributed by atoms with Gasteiger partial charge in [-0.15, -0.1) is 10.2 Å². The van der Waals surface area contributed by atoms with Crippen LogP contribution in [0.15, 0.2) is 84.9 Å². The second-order valence-electron chi connectivity index (χ2n) is 9.10. The number of hydrogen-bond acceptors (Lipinski definition) is 5. The molecule has 180 valence electrons. The Hall–Kier alpha value is -4.32. The standard InChI is InChI=1S/C30H28N4O2/c1-21-12-13-24(20-22(21)2)27-14-15-28(32-31-27)33-16-18-34(19-17-33)30(36)26-11-7-6-10-25(26)29(35)23-8-4-3-5-9-23/h3-15,20H,16-19H2,1-2H3. The van der Waals surface area contributed by atoms with E-state index in [9.17, 15) is 9.59 Å². The van der Waals surface area contributed by atoms with Crippen LogP contribution < -0.4 is 4.90 Å². The van der Waals surface area contributed by atoms with Gasteiger partial charge in [0.1, 0.15) is 0 Å². The van der Waals surface area contributed by atoms with Crippen LogP contribution in [0, 0.1) is 13.8 Å². The van der Waals surface area contributed by atoms with E-state index in [0.29, 0.717) is 42.9 Å². The van der Waals surface area contributed by atoms with Gasteiger partial charge in [-0.1, -0.05) is 60.7 Å². The molecule has 36 heavy (non-hydrogen) atoms. The van der Waals surface area contributed by atoms with Gasteiger partial charge in [0.2, 0.25) is 0 Å². The van der Waals surface area contributed by atoms with Crippen LogP contribution in [0.25, 0.3) is 11.3 Å². The van der Waals surface area contributed by atoms with Crippen LogP contribution in [0.1, 0.15) is 37.4 Å². The molecule has 6 nitrogen and oxygen atoms in total. The molecular formula is C30H28N4O2. The molecule has 1 aliphatic heterocycles. The first kappa shape index (κ1) is 23.4. The van der Waals surface area contributed by atoms with Gasteiger partial charge < -0.3 is 9.80 Å². The maximum absolute atomic E-state index is 13.4. The minimum atomic E-state index is -0.141. The van der Waals surface area contributed by atoms with E-state index in [-0.39, 0.29) is 11.7 Å². The summed E-state index contributed by atoms with van der Waals surface area (Å²) in [5.41, 5.74) is 5.83. The van der Waals surface area contributed by atoms with Gasteiger partial charge in [0, 0.05) is 42.9 Å². The fourth-order valence-corrected chi connectivity index (χ4v) is 4.47. The van der Waals surface area contributed by atoms with E-state index < -0.39 is 0 Å². The molecule has 1 amide bonds. The molecule has 1 fully saturated rings. The number of nitrogens with zero attached hydrogens (tertiary/aromatic N) is 4. The minimum Gasteiger partial charge on any atom is -0.352 e. The number of ketones is 1. The maximum atomic E-state index is 13.4. The minimum absolute atomic E-state index is 0.120. The molecule has 0 aliphatic carbocycles. The van der Waals surface area contributed by atoms with Crippen molar-refractivity contribution in [3.05, 3.63) is 113 Å². The fourth-order valence-electron chi connectivity index (χ4n) is 4.47. The Kier molecular flexibility index (Phi) is 6.58. The van der Waals surface area contributed by atoms with E-state index >= 15 is 0 Å². The van der Waals surface area contributed by atoms with Crippen molar-refractivity contribution >= 4 is 17.5 Å². The van der Waals surface area contributed by atoms with Crippen LogP contribution in [0.5, 0.6) is 0 Å². The molecule has 0 N–H and O–H groups in total. The van der Waals surface area contributed by atoms with Crippen LogP contribution in [-0.4, -0.2) is 53.0 Å². The first-order valence-corrected chi connectivity index (χ1v) is 12.2. The summed E-state index contributed by atoms with van der Waals surface area (Å²) in [5, 5.41) is 8.90. The van der Waals surface area contributed by atoms with Gasteiger partial charge in [-0.3, -0.25) is 9.59 Å². The lowest BCUT2D eigenvalue weighted by Gasteiger charge is -2.35. The molecule has 0 unspecified atom stereocenters. The first-order valence-electron chi connectivity index (χ1n) is 12.2. The smallest absolute Gasteiger partial charge is 0.254 e. The number of amides is 1. The second kappa shape index (κ2) is 10.1. The summed E-state index contributed by atoms with van der Waals surface area (Å²) in [6.07, 6.45) is 0. The van der Waals surface area contributed by atoms with Gasteiger partial charge in [-0.25, -0.2) is 0 Å². The van der Waals surface area contributed by atoms with Crippen molar-refractivity contribution in [2.24, 2.45) is 0 Å². The zero-order valence-electron chi connectivity index (χ0n) is 20.5. The van der Waals surface area contributed by atoms with Crippen molar-refractivity contribution in [3.8, 4) is 11.3 Å². The van der Waals surface area contributed by atoms with Crippen molar-refractivity contribution < 1.29 is 9.59 Å². The van der Waals surface area contributed by atoms with Crippen molar-refractivity contribution in [3.63, 3.8) is 0 Å². The maximum Gasteiger partial charge on any atom is 0.254 e. The summed E-state index contributed by atoms with van der Waals surface area (Å²) in [6, 6.07) is 26.4. The van der Waals surface area contributed by atoms with Crippen LogP contribution in [-0.2, 0) is 0 Å². The summed E-state index contributed by atoms with van der Waals surface area (Å²) < 4.78 is 0. The largest absolute Gasteiger partial charge is 0.352 e. The molecule has 4 aromatic rings. The second-order valence-corrected chi connectivity index (χ2v) is 9.10. The Morgan fingerprint density at radius 1 is 0.694 bits per heavy atom. The van der Waals surface area contributed by atoms with E-state index in [4.69, 9.17) is 0 Å². The molecular weight excluding hydrogens is 448 g/mol. The number of carbonyl (C=O) groups excluding carboxylic acids is 2. The number of carbonyl (C=O) groups is 2. The highest BCUT2D eigenvalue weighted by Gasteiger charge is 2.26. The molecule has 5 rings (SSSR count). The molecule has 0 radical (unpaired) electrons. The highest BCUT2D eigenvalue weighted by molar-refractivity contribution is 6.15. The van der Waals surface area contributed by atoms with E-state index in [1.807, 2.05) is 35.2 Å². The quantitative estimate of drug-likeness (QED) is 0.381. The number of rotatable bonds is 5. The van der Waals surface area contributed by atoms with E-state index in [2.05, 4.69) is 47.1 Å². The molecule has 1 aliphatic rings. The van der Waals surface area contributed by atoms with Crippen molar-refractivity contribution in [1.82, 2.24) is 15.1 Å². The Bertz CT molecular complexity index is 1390. The average Bonchev–Trinajstić information content (AvgIpc) is 2.94. The summed E-state index contributed by atoms with van der Waals surface area (Å²) >= 11 is 0. The molecule has 6 heteroatoms. The monoisotopic (exact) mass is 476 g/mol. The molecule has 1 saturated heterocycles. The Morgan fingerprint density at radius 3 is 2.06 bits per heavy atom. The number of anilines is 1. The van der Waals surface area contributed by atoms with E-state index in [0.717, 1.165) is 17.1 Å². The van der Waals surface area contributed by atoms with Gasteiger partial charge >= 0.3 is 0 Å². The van der Waals surface area contributed by atoms with Crippen LogP contribution in [0.4, 0.5) is 5.82 Å². The molecule has 1 aromatic heterocycles. The molecule has 0 saturated carbocycles. The number of aryl methyl sites for hydroxylation is 2. The molecule has 0 bridgehead atoms. The average molecular weight is 477 g/mol. The van der Waals surface area contributed by atoms with Crippen LogP contribution in [0.3, 0.4) is 0 Å². The van der Waals surface area contributed by atoms with Gasteiger partial charge in [0.15, 0.2) is 11.6 Å². The van der Waals surface area contributed by atoms with E-state index in [1.165, 1.54) is 11.1 Å². The van der Waals surface area contributed by atoms with Gasteiger partial charge in [-0.05, 0) is 49.2 Å². The Labute approximate surface area is 211 Å². The zero-order valence-corrected chi connectivity index (χ0v) is 20.5. The summed E-state index contributed by atoms with van der Waals surface area (Å²) in [5.74, 6) is 0.539. The fraction of sp³-hybridized carbons (Fsp3) is 0.200. The highest BCUT2D eigenvalue weighted by atomic mass is 16.2. The van der Waals surface area contributed by atoms with Crippen LogP contribution in [0.2, 0.25) is 0 Å².